The normalized spacial score (nSPS) is 21.2. The Labute approximate surface area is 110 Å². The van der Waals surface area contributed by atoms with Crippen molar-refractivity contribution in [1.29, 1.82) is 0 Å². The van der Waals surface area contributed by atoms with Gasteiger partial charge in [0.15, 0.2) is 0 Å². The Morgan fingerprint density at radius 3 is 2.89 bits per heavy atom. The molecule has 0 aliphatic carbocycles. The molecule has 0 spiro atoms. The molecule has 1 aliphatic rings. The van der Waals surface area contributed by atoms with Gasteiger partial charge < -0.3 is 10.1 Å². The van der Waals surface area contributed by atoms with Crippen LogP contribution in [-0.4, -0.2) is 24.7 Å². The van der Waals surface area contributed by atoms with Crippen molar-refractivity contribution in [2.75, 3.05) is 19.8 Å². The molecular weight excluding hydrogens is 224 g/mol. The molecule has 0 radical (unpaired) electrons. The number of ether oxygens (including phenoxy) is 1. The third-order valence-corrected chi connectivity index (χ3v) is 3.65. The van der Waals surface area contributed by atoms with E-state index in [1.165, 1.54) is 5.56 Å². The Morgan fingerprint density at radius 1 is 1.44 bits per heavy atom. The van der Waals surface area contributed by atoms with Crippen molar-refractivity contribution < 1.29 is 4.74 Å². The highest BCUT2D eigenvalue weighted by Crippen LogP contribution is 2.30. The Balaban J connectivity index is 2.20. The van der Waals surface area contributed by atoms with Crippen LogP contribution in [0.25, 0.3) is 0 Å². The SMILES string of the molecule is CCCNC(c1ccc(C)nc1C)C1CCOC1. The number of aryl methyl sites for hydroxylation is 2. The fourth-order valence-corrected chi connectivity index (χ4v) is 2.67. The number of pyridine rings is 1. The first-order valence-electron chi connectivity index (χ1n) is 6.97. The van der Waals surface area contributed by atoms with E-state index < -0.39 is 0 Å². The standard InChI is InChI=1S/C15H24N2O/c1-4-8-16-15(13-7-9-18-10-13)14-6-5-11(2)17-12(14)3/h5-6,13,15-16H,4,7-10H2,1-3H3. The summed E-state index contributed by atoms with van der Waals surface area (Å²) in [7, 11) is 0. The summed E-state index contributed by atoms with van der Waals surface area (Å²) < 4.78 is 5.54. The molecule has 3 heteroatoms. The zero-order chi connectivity index (χ0) is 13.0. The Hall–Kier alpha value is -0.930. The van der Waals surface area contributed by atoms with Crippen LogP contribution in [0.15, 0.2) is 12.1 Å². The lowest BCUT2D eigenvalue weighted by atomic mass is 9.91. The number of hydrogen-bond acceptors (Lipinski definition) is 3. The number of rotatable bonds is 5. The molecule has 1 saturated heterocycles. The highest BCUT2D eigenvalue weighted by atomic mass is 16.5. The summed E-state index contributed by atoms with van der Waals surface area (Å²) in [6.07, 6.45) is 2.30. The lowest BCUT2D eigenvalue weighted by Crippen LogP contribution is -2.30. The molecule has 2 rings (SSSR count). The highest BCUT2D eigenvalue weighted by molar-refractivity contribution is 5.26. The van der Waals surface area contributed by atoms with Crippen LogP contribution in [0.3, 0.4) is 0 Å². The maximum absolute atomic E-state index is 5.54. The van der Waals surface area contributed by atoms with Crippen LogP contribution < -0.4 is 5.32 Å². The molecule has 1 aromatic rings. The van der Waals surface area contributed by atoms with E-state index in [1.54, 1.807) is 0 Å². The van der Waals surface area contributed by atoms with Crippen LogP contribution in [0.2, 0.25) is 0 Å². The Kier molecular flexibility index (Phi) is 4.72. The molecule has 0 saturated carbocycles. The molecule has 3 nitrogen and oxygen atoms in total. The summed E-state index contributed by atoms with van der Waals surface area (Å²) in [5.74, 6) is 0.583. The molecule has 1 aliphatic heterocycles. The smallest absolute Gasteiger partial charge is 0.0513 e. The predicted octanol–water partition coefficient (Wildman–Crippen LogP) is 2.78. The second-order valence-electron chi connectivity index (χ2n) is 5.18. The van der Waals surface area contributed by atoms with E-state index in [0.717, 1.165) is 44.0 Å². The summed E-state index contributed by atoms with van der Waals surface area (Å²) in [5, 5.41) is 3.67. The molecule has 0 aromatic carbocycles. The molecule has 2 unspecified atom stereocenters. The van der Waals surface area contributed by atoms with Crippen molar-refractivity contribution in [2.45, 2.75) is 39.7 Å². The molecule has 100 valence electrons. The van der Waals surface area contributed by atoms with E-state index in [2.05, 4.69) is 36.3 Å². The van der Waals surface area contributed by atoms with Crippen LogP contribution in [0.1, 0.15) is 42.8 Å². The quantitative estimate of drug-likeness (QED) is 0.870. The van der Waals surface area contributed by atoms with Crippen molar-refractivity contribution in [3.8, 4) is 0 Å². The largest absolute Gasteiger partial charge is 0.381 e. The van der Waals surface area contributed by atoms with E-state index in [0.29, 0.717) is 12.0 Å². The minimum absolute atomic E-state index is 0.389. The van der Waals surface area contributed by atoms with Crippen molar-refractivity contribution >= 4 is 0 Å². The molecule has 1 fully saturated rings. The van der Waals surface area contributed by atoms with E-state index >= 15 is 0 Å². The first kappa shape index (κ1) is 13.5. The molecule has 0 amide bonds. The molecule has 2 heterocycles. The second-order valence-corrected chi connectivity index (χ2v) is 5.18. The number of nitrogens with one attached hydrogen (secondary N) is 1. The first-order chi connectivity index (χ1) is 8.72. The monoisotopic (exact) mass is 248 g/mol. The molecule has 1 aromatic heterocycles. The van der Waals surface area contributed by atoms with Gasteiger partial charge in [-0.05, 0) is 44.9 Å². The minimum Gasteiger partial charge on any atom is -0.381 e. The zero-order valence-corrected chi connectivity index (χ0v) is 11.7. The van der Waals surface area contributed by atoms with Gasteiger partial charge in [-0.3, -0.25) is 4.98 Å². The number of hydrogen-bond donors (Lipinski definition) is 1. The molecule has 2 atom stereocenters. The second kappa shape index (κ2) is 6.30. The predicted molar refractivity (Wildman–Crippen MR) is 73.7 cm³/mol. The number of aromatic nitrogens is 1. The summed E-state index contributed by atoms with van der Waals surface area (Å²) in [6, 6.07) is 4.72. The van der Waals surface area contributed by atoms with Gasteiger partial charge in [-0.15, -0.1) is 0 Å². The van der Waals surface area contributed by atoms with Crippen molar-refractivity contribution in [1.82, 2.24) is 10.3 Å². The number of nitrogens with zero attached hydrogens (tertiary/aromatic N) is 1. The summed E-state index contributed by atoms with van der Waals surface area (Å²) in [6.45, 7) is 9.18. The lowest BCUT2D eigenvalue weighted by Gasteiger charge is -2.25. The van der Waals surface area contributed by atoms with Crippen LogP contribution in [0, 0.1) is 19.8 Å². The highest BCUT2D eigenvalue weighted by Gasteiger charge is 2.27. The van der Waals surface area contributed by atoms with Gasteiger partial charge in [0.1, 0.15) is 0 Å². The lowest BCUT2D eigenvalue weighted by molar-refractivity contribution is 0.176. The van der Waals surface area contributed by atoms with Gasteiger partial charge in [0, 0.05) is 30.0 Å². The molecule has 1 N–H and O–H groups in total. The molecule has 18 heavy (non-hydrogen) atoms. The van der Waals surface area contributed by atoms with E-state index in [1.807, 2.05) is 6.92 Å². The summed E-state index contributed by atoms with van der Waals surface area (Å²) >= 11 is 0. The third kappa shape index (κ3) is 3.09. The fraction of sp³-hybridized carbons (Fsp3) is 0.667. The molecular formula is C15H24N2O. The fourth-order valence-electron chi connectivity index (χ4n) is 2.67. The van der Waals surface area contributed by atoms with Crippen LogP contribution in [0.4, 0.5) is 0 Å². The first-order valence-corrected chi connectivity index (χ1v) is 6.97. The Bertz CT molecular complexity index is 386. The van der Waals surface area contributed by atoms with Gasteiger partial charge in [-0.25, -0.2) is 0 Å². The van der Waals surface area contributed by atoms with E-state index in [-0.39, 0.29) is 0 Å². The average Bonchev–Trinajstić information content (AvgIpc) is 2.85. The average molecular weight is 248 g/mol. The topological polar surface area (TPSA) is 34.2 Å². The van der Waals surface area contributed by atoms with E-state index in [4.69, 9.17) is 4.74 Å². The van der Waals surface area contributed by atoms with Crippen molar-refractivity contribution in [3.05, 3.63) is 29.1 Å². The van der Waals surface area contributed by atoms with Crippen molar-refractivity contribution in [3.63, 3.8) is 0 Å². The van der Waals surface area contributed by atoms with Crippen LogP contribution >= 0.6 is 0 Å². The molecule has 0 bridgehead atoms. The Morgan fingerprint density at radius 2 is 2.28 bits per heavy atom. The van der Waals surface area contributed by atoms with Gasteiger partial charge in [0.2, 0.25) is 0 Å². The van der Waals surface area contributed by atoms with Gasteiger partial charge in [0.05, 0.1) is 6.61 Å². The zero-order valence-electron chi connectivity index (χ0n) is 11.7. The van der Waals surface area contributed by atoms with E-state index in [9.17, 15) is 0 Å². The minimum atomic E-state index is 0.389. The van der Waals surface area contributed by atoms with Gasteiger partial charge in [0.25, 0.3) is 0 Å². The van der Waals surface area contributed by atoms with Gasteiger partial charge >= 0.3 is 0 Å². The summed E-state index contributed by atoms with van der Waals surface area (Å²) in [5.41, 5.74) is 3.58. The van der Waals surface area contributed by atoms with Gasteiger partial charge in [-0.1, -0.05) is 13.0 Å². The maximum atomic E-state index is 5.54. The maximum Gasteiger partial charge on any atom is 0.0513 e. The summed E-state index contributed by atoms with van der Waals surface area (Å²) in [4.78, 5) is 4.59. The van der Waals surface area contributed by atoms with Crippen LogP contribution in [0.5, 0.6) is 0 Å². The van der Waals surface area contributed by atoms with Crippen molar-refractivity contribution in [2.24, 2.45) is 5.92 Å². The third-order valence-electron chi connectivity index (χ3n) is 3.65. The van der Waals surface area contributed by atoms with Gasteiger partial charge in [-0.2, -0.15) is 0 Å². The van der Waals surface area contributed by atoms with Crippen LogP contribution in [-0.2, 0) is 4.74 Å².